The van der Waals surface area contributed by atoms with E-state index in [2.05, 4.69) is 15.6 Å². The van der Waals surface area contributed by atoms with Crippen LogP contribution < -0.4 is 15.4 Å². The van der Waals surface area contributed by atoms with Gasteiger partial charge in [-0.05, 0) is 45.2 Å². The molecule has 1 aliphatic heterocycles. The predicted octanol–water partition coefficient (Wildman–Crippen LogP) is 1.27. The Morgan fingerprint density at radius 2 is 2.29 bits per heavy atom. The van der Waals surface area contributed by atoms with Crippen LogP contribution in [0.1, 0.15) is 43.5 Å². The summed E-state index contributed by atoms with van der Waals surface area (Å²) in [6.45, 7) is 4.41. The van der Waals surface area contributed by atoms with Gasteiger partial charge in [0.05, 0.1) is 6.10 Å². The molecule has 1 unspecified atom stereocenters. The van der Waals surface area contributed by atoms with Gasteiger partial charge in [0.15, 0.2) is 0 Å². The van der Waals surface area contributed by atoms with Crippen LogP contribution in [0.2, 0.25) is 0 Å². The van der Waals surface area contributed by atoms with Crippen LogP contribution in [0.15, 0.2) is 18.3 Å². The molecule has 1 atom stereocenters. The molecule has 0 aliphatic carbocycles. The molecule has 1 saturated heterocycles. The first kappa shape index (κ1) is 15.3. The Bertz CT molecular complexity index is 517. The van der Waals surface area contributed by atoms with Gasteiger partial charge in [-0.3, -0.25) is 9.59 Å². The Balaban J connectivity index is 2.10. The molecule has 0 saturated carbocycles. The molecular weight excluding hydrogens is 270 g/mol. The fourth-order valence-corrected chi connectivity index (χ4v) is 2.19. The van der Waals surface area contributed by atoms with E-state index in [0.29, 0.717) is 24.4 Å². The second-order valence-electron chi connectivity index (χ2n) is 5.34. The SMILES string of the molecule is CC(C)Oc1ncccc1C(=O)NC1CCCCNC1=O. The van der Waals surface area contributed by atoms with Gasteiger partial charge in [0.1, 0.15) is 11.6 Å². The van der Waals surface area contributed by atoms with Crippen molar-refractivity contribution in [3.8, 4) is 5.88 Å². The number of carbonyl (C=O) groups excluding carboxylic acids is 2. The molecule has 6 heteroatoms. The van der Waals surface area contributed by atoms with Gasteiger partial charge < -0.3 is 15.4 Å². The second kappa shape index (κ2) is 7.06. The Kier molecular flexibility index (Phi) is 5.14. The van der Waals surface area contributed by atoms with E-state index in [9.17, 15) is 9.59 Å². The van der Waals surface area contributed by atoms with Gasteiger partial charge in [0, 0.05) is 12.7 Å². The first-order chi connectivity index (χ1) is 10.1. The maximum Gasteiger partial charge on any atom is 0.257 e. The lowest BCUT2D eigenvalue weighted by molar-refractivity contribution is -0.122. The highest BCUT2D eigenvalue weighted by atomic mass is 16.5. The second-order valence-corrected chi connectivity index (χ2v) is 5.34. The molecule has 0 bridgehead atoms. The first-order valence-corrected chi connectivity index (χ1v) is 7.28. The van der Waals surface area contributed by atoms with Crippen LogP contribution in [-0.2, 0) is 4.79 Å². The monoisotopic (exact) mass is 291 g/mol. The maximum atomic E-state index is 12.4. The van der Waals surface area contributed by atoms with Crippen LogP contribution in [0.25, 0.3) is 0 Å². The number of nitrogens with zero attached hydrogens (tertiary/aromatic N) is 1. The summed E-state index contributed by atoms with van der Waals surface area (Å²) in [7, 11) is 0. The van der Waals surface area contributed by atoms with Crippen molar-refractivity contribution in [2.45, 2.75) is 45.3 Å². The third-order valence-electron chi connectivity index (χ3n) is 3.20. The van der Waals surface area contributed by atoms with Crippen LogP contribution in [0.4, 0.5) is 0 Å². The minimum absolute atomic E-state index is 0.0763. The summed E-state index contributed by atoms with van der Waals surface area (Å²) < 4.78 is 5.53. The largest absolute Gasteiger partial charge is 0.474 e. The van der Waals surface area contributed by atoms with Gasteiger partial charge in [-0.25, -0.2) is 4.98 Å². The zero-order valence-corrected chi connectivity index (χ0v) is 12.4. The molecule has 2 amide bonds. The zero-order valence-electron chi connectivity index (χ0n) is 12.4. The van der Waals surface area contributed by atoms with E-state index >= 15 is 0 Å². The Labute approximate surface area is 124 Å². The number of nitrogens with one attached hydrogen (secondary N) is 2. The molecule has 2 rings (SSSR count). The normalized spacial score (nSPS) is 18.8. The molecule has 2 N–H and O–H groups in total. The molecule has 1 fully saturated rings. The standard InChI is InChI=1S/C15H21N3O3/c1-10(2)21-15-11(6-5-9-17-15)13(19)18-12-7-3-4-8-16-14(12)20/h5-6,9-10,12H,3-4,7-8H2,1-2H3,(H,16,20)(H,18,19). The number of hydrogen-bond acceptors (Lipinski definition) is 4. The molecule has 1 aromatic rings. The first-order valence-electron chi connectivity index (χ1n) is 7.28. The summed E-state index contributed by atoms with van der Waals surface area (Å²) in [6, 6.07) is 2.83. The number of ether oxygens (including phenoxy) is 1. The third kappa shape index (κ3) is 4.18. The number of amides is 2. The molecule has 0 aromatic carbocycles. The van der Waals surface area contributed by atoms with Crippen LogP contribution in [0.5, 0.6) is 5.88 Å². The van der Waals surface area contributed by atoms with Gasteiger partial charge in [0.2, 0.25) is 11.8 Å². The average Bonchev–Trinajstić information content (AvgIpc) is 2.64. The smallest absolute Gasteiger partial charge is 0.257 e. The van der Waals surface area contributed by atoms with Crippen molar-refractivity contribution in [2.75, 3.05) is 6.54 Å². The van der Waals surface area contributed by atoms with Crippen molar-refractivity contribution in [1.82, 2.24) is 15.6 Å². The molecule has 2 heterocycles. The van der Waals surface area contributed by atoms with E-state index in [1.807, 2.05) is 13.8 Å². The number of aromatic nitrogens is 1. The lowest BCUT2D eigenvalue weighted by Gasteiger charge is -2.17. The molecule has 21 heavy (non-hydrogen) atoms. The summed E-state index contributed by atoms with van der Waals surface area (Å²) in [4.78, 5) is 28.3. The van der Waals surface area contributed by atoms with Gasteiger partial charge in [-0.2, -0.15) is 0 Å². The predicted molar refractivity (Wildman–Crippen MR) is 78.1 cm³/mol. The van der Waals surface area contributed by atoms with Crippen molar-refractivity contribution in [2.24, 2.45) is 0 Å². The van der Waals surface area contributed by atoms with E-state index in [1.165, 1.54) is 0 Å². The molecule has 1 aliphatic rings. The Morgan fingerprint density at radius 1 is 1.48 bits per heavy atom. The summed E-state index contributed by atoms with van der Waals surface area (Å²) in [5.74, 6) is -0.170. The fourth-order valence-electron chi connectivity index (χ4n) is 2.19. The van der Waals surface area contributed by atoms with E-state index in [4.69, 9.17) is 4.74 Å². The molecule has 1 aromatic heterocycles. The highest BCUT2D eigenvalue weighted by molar-refractivity contribution is 5.99. The fraction of sp³-hybridized carbons (Fsp3) is 0.533. The van der Waals surface area contributed by atoms with Crippen molar-refractivity contribution in [3.63, 3.8) is 0 Å². The third-order valence-corrected chi connectivity index (χ3v) is 3.20. The van der Waals surface area contributed by atoms with Crippen molar-refractivity contribution >= 4 is 11.8 Å². The van der Waals surface area contributed by atoms with Crippen LogP contribution >= 0.6 is 0 Å². The average molecular weight is 291 g/mol. The molecule has 0 spiro atoms. The Hall–Kier alpha value is -2.11. The van der Waals surface area contributed by atoms with Crippen molar-refractivity contribution in [1.29, 1.82) is 0 Å². The van der Waals surface area contributed by atoms with Gasteiger partial charge in [0.25, 0.3) is 5.91 Å². The van der Waals surface area contributed by atoms with Gasteiger partial charge in [-0.1, -0.05) is 0 Å². The van der Waals surface area contributed by atoms with E-state index in [1.54, 1.807) is 18.3 Å². The van der Waals surface area contributed by atoms with Crippen molar-refractivity contribution in [3.05, 3.63) is 23.9 Å². The van der Waals surface area contributed by atoms with Crippen LogP contribution in [0.3, 0.4) is 0 Å². The van der Waals surface area contributed by atoms with E-state index < -0.39 is 6.04 Å². The van der Waals surface area contributed by atoms with E-state index in [-0.39, 0.29) is 17.9 Å². The number of carbonyl (C=O) groups is 2. The van der Waals surface area contributed by atoms with Crippen molar-refractivity contribution < 1.29 is 14.3 Å². The lowest BCUT2D eigenvalue weighted by atomic mass is 10.1. The molecule has 0 radical (unpaired) electrons. The van der Waals surface area contributed by atoms with Gasteiger partial charge in [-0.15, -0.1) is 0 Å². The molecular formula is C15H21N3O3. The highest BCUT2D eigenvalue weighted by Crippen LogP contribution is 2.16. The van der Waals surface area contributed by atoms with E-state index in [0.717, 1.165) is 12.8 Å². The number of rotatable bonds is 4. The molecule has 6 nitrogen and oxygen atoms in total. The number of hydrogen-bond donors (Lipinski definition) is 2. The zero-order chi connectivity index (χ0) is 15.2. The van der Waals surface area contributed by atoms with Crippen LogP contribution in [-0.4, -0.2) is 35.5 Å². The quantitative estimate of drug-likeness (QED) is 0.875. The highest BCUT2D eigenvalue weighted by Gasteiger charge is 2.24. The van der Waals surface area contributed by atoms with Crippen LogP contribution in [0, 0.1) is 0 Å². The molecule has 114 valence electrons. The topological polar surface area (TPSA) is 80.3 Å². The summed E-state index contributed by atoms with van der Waals surface area (Å²) in [5, 5.41) is 5.57. The summed E-state index contributed by atoms with van der Waals surface area (Å²) >= 11 is 0. The minimum Gasteiger partial charge on any atom is -0.474 e. The van der Waals surface area contributed by atoms with Gasteiger partial charge >= 0.3 is 0 Å². The summed E-state index contributed by atoms with van der Waals surface area (Å²) in [6.07, 6.45) is 4.00. The number of pyridine rings is 1. The maximum absolute atomic E-state index is 12.4. The Morgan fingerprint density at radius 3 is 3.05 bits per heavy atom. The summed E-state index contributed by atoms with van der Waals surface area (Å²) in [5.41, 5.74) is 0.350. The minimum atomic E-state index is -0.493. The lowest BCUT2D eigenvalue weighted by Crippen LogP contribution is -2.45.